The van der Waals surface area contributed by atoms with Crippen molar-refractivity contribution in [3.63, 3.8) is 0 Å². The van der Waals surface area contributed by atoms with Gasteiger partial charge in [0.05, 0.1) is 22.9 Å². The quantitative estimate of drug-likeness (QED) is 0.858. The summed E-state index contributed by atoms with van der Waals surface area (Å²) < 4.78 is 5.37. The largest absolute Gasteiger partial charge is 0.390 e. The van der Waals surface area contributed by atoms with Crippen LogP contribution >= 0.6 is 11.3 Å². The topological polar surface area (TPSA) is 42.4 Å². The second-order valence-corrected chi connectivity index (χ2v) is 5.85. The first kappa shape index (κ1) is 12.0. The monoisotopic (exact) mass is 241 g/mol. The van der Waals surface area contributed by atoms with E-state index < -0.39 is 6.10 Å². The standard InChI is InChI=1S/C12H19NO2S/c1-7-8(2)16-11(13-7)6-10(14)12(15-3)9-4-5-9/h9-10,12,14H,4-6H2,1-3H3. The highest BCUT2D eigenvalue weighted by Gasteiger charge is 2.36. The molecule has 1 aliphatic carbocycles. The van der Waals surface area contributed by atoms with E-state index in [9.17, 15) is 5.11 Å². The number of nitrogens with zero attached hydrogens (tertiary/aromatic N) is 1. The SMILES string of the molecule is COC(C(O)Cc1nc(C)c(C)s1)C1CC1. The third-order valence-electron chi connectivity index (χ3n) is 3.19. The predicted octanol–water partition coefficient (Wildman–Crippen LogP) is 2.09. The second-order valence-electron chi connectivity index (χ2n) is 4.56. The van der Waals surface area contributed by atoms with Gasteiger partial charge < -0.3 is 9.84 Å². The van der Waals surface area contributed by atoms with Crippen LogP contribution < -0.4 is 0 Å². The number of aromatic nitrogens is 1. The first-order valence-corrected chi connectivity index (χ1v) is 6.57. The van der Waals surface area contributed by atoms with Gasteiger partial charge in [-0.1, -0.05) is 0 Å². The minimum atomic E-state index is -0.414. The van der Waals surface area contributed by atoms with Crippen molar-refractivity contribution in [2.75, 3.05) is 7.11 Å². The number of rotatable bonds is 5. The summed E-state index contributed by atoms with van der Waals surface area (Å²) in [6, 6.07) is 0. The Morgan fingerprint density at radius 1 is 1.50 bits per heavy atom. The van der Waals surface area contributed by atoms with Gasteiger partial charge in [-0.3, -0.25) is 0 Å². The fourth-order valence-electron chi connectivity index (χ4n) is 2.01. The van der Waals surface area contributed by atoms with Crippen molar-refractivity contribution in [3.05, 3.63) is 15.6 Å². The second kappa shape index (κ2) is 4.82. The maximum atomic E-state index is 10.1. The maximum Gasteiger partial charge on any atom is 0.0957 e. The van der Waals surface area contributed by atoms with E-state index in [1.165, 1.54) is 17.7 Å². The lowest BCUT2D eigenvalue weighted by Gasteiger charge is -2.20. The van der Waals surface area contributed by atoms with Gasteiger partial charge in [0, 0.05) is 18.4 Å². The van der Waals surface area contributed by atoms with E-state index in [1.807, 2.05) is 6.92 Å². The molecule has 0 radical (unpaired) electrons. The van der Waals surface area contributed by atoms with Crippen molar-refractivity contribution in [1.82, 2.24) is 4.98 Å². The van der Waals surface area contributed by atoms with Crippen LogP contribution in [0.25, 0.3) is 0 Å². The van der Waals surface area contributed by atoms with Crippen molar-refractivity contribution in [1.29, 1.82) is 0 Å². The van der Waals surface area contributed by atoms with Gasteiger partial charge in [0.15, 0.2) is 0 Å². The molecule has 2 unspecified atom stereocenters. The van der Waals surface area contributed by atoms with Crippen LogP contribution in [0.4, 0.5) is 0 Å². The number of aliphatic hydroxyl groups excluding tert-OH is 1. The van der Waals surface area contributed by atoms with E-state index >= 15 is 0 Å². The molecule has 2 rings (SSSR count). The molecule has 1 fully saturated rings. The summed E-state index contributed by atoms with van der Waals surface area (Å²) in [7, 11) is 1.69. The Hall–Kier alpha value is -0.450. The molecule has 1 saturated carbocycles. The molecule has 1 N–H and O–H groups in total. The average molecular weight is 241 g/mol. The third kappa shape index (κ3) is 2.62. The zero-order valence-corrected chi connectivity index (χ0v) is 10.9. The van der Waals surface area contributed by atoms with Gasteiger partial charge in [-0.25, -0.2) is 4.98 Å². The molecule has 90 valence electrons. The highest BCUT2D eigenvalue weighted by molar-refractivity contribution is 7.11. The molecule has 16 heavy (non-hydrogen) atoms. The number of aliphatic hydroxyl groups is 1. The van der Waals surface area contributed by atoms with Gasteiger partial charge in [-0.2, -0.15) is 0 Å². The van der Waals surface area contributed by atoms with Crippen LogP contribution in [0, 0.1) is 19.8 Å². The fourth-order valence-corrected chi connectivity index (χ4v) is 2.99. The highest BCUT2D eigenvalue weighted by Crippen LogP contribution is 2.36. The molecule has 0 bridgehead atoms. The molecule has 4 heteroatoms. The number of ether oxygens (including phenoxy) is 1. The lowest BCUT2D eigenvalue weighted by atomic mass is 10.1. The summed E-state index contributed by atoms with van der Waals surface area (Å²) in [5, 5.41) is 11.1. The number of methoxy groups -OCH3 is 1. The van der Waals surface area contributed by atoms with E-state index in [1.54, 1.807) is 18.4 Å². The minimum absolute atomic E-state index is 0.00971. The lowest BCUT2D eigenvalue weighted by Crippen LogP contribution is -2.31. The summed E-state index contributed by atoms with van der Waals surface area (Å²) in [6.07, 6.45) is 2.57. The van der Waals surface area contributed by atoms with Crippen molar-refractivity contribution >= 4 is 11.3 Å². The number of thiazole rings is 1. The van der Waals surface area contributed by atoms with Gasteiger partial charge in [-0.15, -0.1) is 11.3 Å². The van der Waals surface area contributed by atoms with Crippen LogP contribution in [-0.2, 0) is 11.2 Å². The molecule has 0 aromatic carbocycles. The Morgan fingerprint density at radius 2 is 2.19 bits per heavy atom. The summed E-state index contributed by atoms with van der Waals surface area (Å²) in [5.41, 5.74) is 1.08. The third-order valence-corrected chi connectivity index (χ3v) is 4.29. The molecule has 1 aliphatic rings. The van der Waals surface area contributed by atoms with Crippen molar-refractivity contribution in [2.24, 2.45) is 5.92 Å². The molecule has 0 aliphatic heterocycles. The highest BCUT2D eigenvalue weighted by atomic mass is 32.1. The summed E-state index contributed by atoms with van der Waals surface area (Å²) >= 11 is 1.68. The summed E-state index contributed by atoms with van der Waals surface area (Å²) in [5.74, 6) is 0.558. The van der Waals surface area contributed by atoms with Gasteiger partial charge >= 0.3 is 0 Å². The number of hydrogen-bond acceptors (Lipinski definition) is 4. The zero-order valence-electron chi connectivity index (χ0n) is 10.1. The molecule has 0 saturated heterocycles. The Bertz CT molecular complexity index is 340. The van der Waals surface area contributed by atoms with Crippen LogP contribution in [0.15, 0.2) is 0 Å². The fraction of sp³-hybridized carbons (Fsp3) is 0.750. The molecular weight excluding hydrogens is 222 g/mol. The number of aryl methyl sites for hydroxylation is 2. The summed E-state index contributed by atoms with van der Waals surface area (Å²) in [6.45, 7) is 4.08. The molecule has 0 amide bonds. The smallest absolute Gasteiger partial charge is 0.0957 e. The molecule has 3 nitrogen and oxygen atoms in total. The minimum Gasteiger partial charge on any atom is -0.390 e. The van der Waals surface area contributed by atoms with Gasteiger partial charge in [0.2, 0.25) is 0 Å². The van der Waals surface area contributed by atoms with Crippen LogP contribution in [0.1, 0.15) is 28.4 Å². The van der Waals surface area contributed by atoms with E-state index in [0.29, 0.717) is 12.3 Å². The molecule has 0 spiro atoms. The van der Waals surface area contributed by atoms with Crippen LogP contribution in [0.3, 0.4) is 0 Å². The van der Waals surface area contributed by atoms with E-state index in [0.717, 1.165) is 10.7 Å². The van der Waals surface area contributed by atoms with Crippen molar-refractivity contribution in [3.8, 4) is 0 Å². The van der Waals surface area contributed by atoms with Gasteiger partial charge in [-0.05, 0) is 32.6 Å². The van der Waals surface area contributed by atoms with Crippen molar-refractivity contribution < 1.29 is 9.84 Å². The van der Waals surface area contributed by atoms with E-state index in [-0.39, 0.29) is 6.10 Å². The van der Waals surface area contributed by atoms with Crippen LogP contribution in [0.2, 0.25) is 0 Å². The Morgan fingerprint density at radius 3 is 2.62 bits per heavy atom. The molecule has 2 atom stereocenters. The molecule has 1 heterocycles. The first-order chi connectivity index (χ1) is 7.61. The van der Waals surface area contributed by atoms with Crippen LogP contribution in [0.5, 0.6) is 0 Å². The van der Waals surface area contributed by atoms with Crippen molar-refractivity contribution in [2.45, 2.75) is 45.3 Å². The van der Waals surface area contributed by atoms with Gasteiger partial charge in [0.1, 0.15) is 0 Å². The molecule has 1 aromatic heterocycles. The Balaban J connectivity index is 1.97. The number of hydrogen-bond donors (Lipinski definition) is 1. The average Bonchev–Trinajstić information content (AvgIpc) is 2.97. The van der Waals surface area contributed by atoms with E-state index in [4.69, 9.17) is 4.74 Å². The van der Waals surface area contributed by atoms with Crippen LogP contribution in [-0.4, -0.2) is 29.4 Å². The maximum absolute atomic E-state index is 10.1. The molecule has 1 aromatic rings. The predicted molar refractivity (Wildman–Crippen MR) is 64.8 cm³/mol. The normalized spacial score (nSPS) is 19.8. The molecular formula is C12H19NO2S. The van der Waals surface area contributed by atoms with E-state index in [2.05, 4.69) is 11.9 Å². The summed E-state index contributed by atoms with van der Waals surface area (Å²) in [4.78, 5) is 5.69. The zero-order chi connectivity index (χ0) is 11.7. The van der Waals surface area contributed by atoms with Gasteiger partial charge in [0.25, 0.3) is 0 Å². The Kier molecular flexibility index (Phi) is 3.62. The Labute approximate surface area is 100 Å². The first-order valence-electron chi connectivity index (χ1n) is 5.75. The lowest BCUT2D eigenvalue weighted by molar-refractivity contribution is -0.0238.